The first kappa shape index (κ1) is 22.8. The van der Waals surface area contributed by atoms with Gasteiger partial charge in [-0.1, -0.05) is 41.4 Å². The van der Waals surface area contributed by atoms with Crippen LogP contribution in [0, 0.1) is 0 Å². The van der Waals surface area contributed by atoms with Crippen molar-refractivity contribution >= 4 is 40.7 Å². The number of Topliss-reactive ketones (excluding diaryl/α,β-unsaturated/α-hetero) is 1. The molecule has 3 aromatic rings. The van der Waals surface area contributed by atoms with E-state index in [4.69, 9.17) is 32.7 Å². The van der Waals surface area contributed by atoms with Crippen molar-refractivity contribution in [2.24, 2.45) is 0 Å². The molecule has 0 saturated carbocycles. The van der Waals surface area contributed by atoms with Gasteiger partial charge in [0.2, 0.25) is 5.78 Å². The minimum atomic E-state index is -0.112. The SMILES string of the molecule is CN(C)c1ccc(/C=C2\Oc3c(ccc4c3CN(CCc3ccc(Cl)cc3Cl)CO4)C2=O)cc1. The van der Waals surface area contributed by atoms with E-state index in [1.54, 1.807) is 18.2 Å². The first-order valence-electron chi connectivity index (χ1n) is 11.1. The van der Waals surface area contributed by atoms with E-state index in [1.165, 1.54) is 0 Å². The minimum absolute atomic E-state index is 0.112. The standard InChI is InChI=1S/C27H24Cl2N2O3/c1-30(2)20-7-3-17(4-8-20)13-25-26(32)21-9-10-24-22(27(21)34-25)15-31(16-33-24)12-11-18-5-6-19(28)14-23(18)29/h3-10,13-14H,11-12,15-16H2,1-2H3/b25-13-. The van der Waals surface area contributed by atoms with Crippen molar-refractivity contribution in [3.8, 4) is 11.5 Å². The minimum Gasteiger partial charge on any atom is -0.478 e. The van der Waals surface area contributed by atoms with Crippen LogP contribution >= 0.6 is 23.2 Å². The molecule has 0 amide bonds. The van der Waals surface area contributed by atoms with Crippen LogP contribution in [0.25, 0.3) is 6.08 Å². The molecular weight excluding hydrogens is 471 g/mol. The van der Waals surface area contributed by atoms with Gasteiger partial charge in [0.05, 0.1) is 11.1 Å². The molecule has 0 aromatic heterocycles. The highest BCUT2D eigenvalue weighted by molar-refractivity contribution is 6.35. The molecule has 0 saturated heterocycles. The van der Waals surface area contributed by atoms with E-state index in [0.29, 0.717) is 40.4 Å². The summed E-state index contributed by atoms with van der Waals surface area (Å²) >= 11 is 12.3. The highest BCUT2D eigenvalue weighted by atomic mass is 35.5. The van der Waals surface area contributed by atoms with E-state index >= 15 is 0 Å². The third-order valence-electron chi connectivity index (χ3n) is 6.10. The van der Waals surface area contributed by atoms with Crippen molar-refractivity contribution in [3.63, 3.8) is 0 Å². The molecule has 34 heavy (non-hydrogen) atoms. The summed E-state index contributed by atoms with van der Waals surface area (Å²) in [5, 5.41) is 1.29. The van der Waals surface area contributed by atoms with Gasteiger partial charge in [0.15, 0.2) is 5.76 Å². The Hall–Kier alpha value is -2.99. The molecular formula is C27H24Cl2N2O3. The molecule has 0 aliphatic carbocycles. The number of ether oxygens (including phenoxy) is 2. The number of allylic oxidation sites excluding steroid dienone is 1. The van der Waals surface area contributed by atoms with Gasteiger partial charge in [0, 0.05) is 42.9 Å². The van der Waals surface area contributed by atoms with Crippen LogP contribution in [0.5, 0.6) is 11.5 Å². The van der Waals surface area contributed by atoms with Crippen LogP contribution in [0.3, 0.4) is 0 Å². The van der Waals surface area contributed by atoms with E-state index in [2.05, 4.69) is 4.90 Å². The van der Waals surface area contributed by atoms with Crippen molar-refractivity contribution in [1.82, 2.24) is 4.90 Å². The van der Waals surface area contributed by atoms with Crippen LogP contribution in [-0.4, -0.2) is 38.1 Å². The summed E-state index contributed by atoms with van der Waals surface area (Å²) in [7, 11) is 3.98. The maximum atomic E-state index is 13.0. The Bertz CT molecular complexity index is 1290. The third-order valence-corrected chi connectivity index (χ3v) is 6.69. The molecule has 0 N–H and O–H groups in total. The van der Waals surface area contributed by atoms with Gasteiger partial charge >= 0.3 is 0 Å². The van der Waals surface area contributed by atoms with Crippen LogP contribution in [0.2, 0.25) is 10.0 Å². The fourth-order valence-electron chi connectivity index (χ4n) is 4.17. The number of hydrogen-bond donors (Lipinski definition) is 0. The largest absolute Gasteiger partial charge is 0.478 e. The average Bonchev–Trinajstić information content (AvgIpc) is 3.14. The van der Waals surface area contributed by atoms with E-state index < -0.39 is 0 Å². The van der Waals surface area contributed by atoms with E-state index in [1.807, 2.05) is 61.5 Å². The van der Waals surface area contributed by atoms with Crippen LogP contribution in [-0.2, 0) is 13.0 Å². The fraction of sp³-hybridized carbons (Fsp3) is 0.222. The summed E-state index contributed by atoms with van der Waals surface area (Å²) in [5.74, 6) is 1.56. The van der Waals surface area contributed by atoms with Crippen molar-refractivity contribution in [2.75, 3.05) is 32.3 Å². The second-order valence-corrected chi connectivity index (χ2v) is 9.50. The smallest absolute Gasteiger partial charge is 0.231 e. The number of anilines is 1. The maximum Gasteiger partial charge on any atom is 0.231 e. The molecule has 3 aromatic carbocycles. The van der Waals surface area contributed by atoms with E-state index in [9.17, 15) is 4.79 Å². The van der Waals surface area contributed by atoms with Crippen molar-refractivity contribution in [1.29, 1.82) is 0 Å². The van der Waals surface area contributed by atoms with Gasteiger partial charge in [0.1, 0.15) is 18.2 Å². The summed E-state index contributed by atoms with van der Waals surface area (Å²) in [5.41, 5.74) is 4.50. The molecule has 0 fully saturated rings. The van der Waals surface area contributed by atoms with Crippen molar-refractivity contribution in [2.45, 2.75) is 13.0 Å². The number of hydrogen-bond acceptors (Lipinski definition) is 5. The molecule has 2 aliphatic rings. The van der Waals surface area contributed by atoms with Gasteiger partial charge in [-0.15, -0.1) is 0 Å². The molecule has 0 bridgehead atoms. The lowest BCUT2D eigenvalue weighted by Gasteiger charge is -2.29. The average molecular weight is 495 g/mol. The monoisotopic (exact) mass is 494 g/mol. The Balaban J connectivity index is 1.34. The molecule has 0 spiro atoms. The fourth-order valence-corrected chi connectivity index (χ4v) is 4.67. The van der Waals surface area contributed by atoms with Crippen molar-refractivity contribution < 1.29 is 14.3 Å². The number of fused-ring (bicyclic) bond motifs is 3. The summed E-state index contributed by atoms with van der Waals surface area (Å²) in [6, 6.07) is 17.2. The predicted octanol–water partition coefficient (Wildman–Crippen LogP) is 6.07. The summed E-state index contributed by atoms with van der Waals surface area (Å²) in [6.07, 6.45) is 2.55. The lowest BCUT2D eigenvalue weighted by atomic mass is 10.0. The van der Waals surface area contributed by atoms with Crippen molar-refractivity contribution in [3.05, 3.63) is 92.7 Å². The quantitative estimate of drug-likeness (QED) is 0.402. The van der Waals surface area contributed by atoms with E-state index in [0.717, 1.165) is 41.1 Å². The maximum absolute atomic E-state index is 13.0. The van der Waals surface area contributed by atoms with Gasteiger partial charge in [-0.3, -0.25) is 9.69 Å². The number of halogens is 2. The Morgan fingerprint density at radius 2 is 1.85 bits per heavy atom. The topological polar surface area (TPSA) is 42.0 Å². The lowest BCUT2D eigenvalue weighted by Crippen LogP contribution is -2.33. The second kappa shape index (κ2) is 9.34. The number of carbonyl (C=O) groups excluding carboxylic acids is 1. The summed E-state index contributed by atoms with van der Waals surface area (Å²) in [6.45, 7) is 1.84. The van der Waals surface area contributed by atoms with E-state index in [-0.39, 0.29) is 5.78 Å². The van der Waals surface area contributed by atoms with Gasteiger partial charge in [0.25, 0.3) is 0 Å². The molecule has 5 rings (SSSR count). The summed E-state index contributed by atoms with van der Waals surface area (Å²) < 4.78 is 12.1. The van der Waals surface area contributed by atoms with Gasteiger partial charge in [-0.2, -0.15) is 0 Å². The van der Waals surface area contributed by atoms with Crippen LogP contribution in [0.4, 0.5) is 5.69 Å². The highest BCUT2D eigenvalue weighted by Crippen LogP contribution is 2.42. The number of nitrogens with zero attached hydrogens (tertiary/aromatic N) is 2. The van der Waals surface area contributed by atoms with Gasteiger partial charge in [-0.25, -0.2) is 0 Å². The molecule has 7 heteroatoms. The van der Waals surface area contributed by atoms with Gasteiger partial charge in [-0.05, 0) is 60.0 Å². The number of benzene rings is 3. The normalized spacial score (nSPS) is 16.1. The first-order chi connectivity index (χ1) is 16.4. The number of ketones is 1. The highest BCUT2D eigenvalue weighted by Gasteiger charge is 2.33. The van der Waals surface area contributed by atoms with Crippen LogP contribution in [0.1, 0.15) is 27.0 Å². The molecule has 5 nitrogen and oxygen atoms in total. The van der Waals surface area contributed by atoms with Gasteiger partial charge < -0.3 is 14.4 Å². The zero-order valence-electron chi connectivity index (χ0n) is 19.0. The zero-order valence-corrected chi connectivity index (χ0v) is 20.5. The first-order valence-corrected chi connectivity index (χ1v) is 11.8. The van der Waals surface area contributed by atoms with Crippen LogP contribution in [0.15, 0.2) is 60.4 Å². The Kier molecular flexibility index (Phi) is 6.26. The molecule has 2 heterocycles. The lowest BCUT2D eigenvalue weighted by molar-refractivity contribution is 0.0950. The second-order valence-electron chi connectivity index (χ2n) is 8.66. The Morgan fingerprint density at radius 1 is 1.06 bits per heavy atom. The molecule has 0 atom stereocenters. The Morgan fingerprint density at radius 3 is 2.59 bits per heavy atom. The molecule has 2 aliphatic heterocycles. The third kappa shape index (κ3) is 4.51. The zero-order chi connectivity index (χ0) is 23.8. The number of rotatable bonds is 5. The molecule has 0 radical (unpaired) electrons. The predicted molar refractivity (Wildman–Crippen MR) is 136 cm³/mol. The Labute approximate surface area is 209 Å². The number of carbonyl (C=O) groups is 1. The molecule has 0 unspecified atom stereocenters. The summed E-state index contributed by atoms with van der Waals surface area (Å²) in [4.78, 5) is 17.2. The van der Waals surface area contributed by atoms with Crippen LogP contribution < -0.4 is 14.4 Å². The molecule has 174 valence electrons.